The summed E-state index contributed by atoms with van der Waals surface area (Å²) in [6, 6.07) is 6.69. The van der Waals surface area contributed by atoms with Crippen LogP contribution in [0.4, 0.5) is 11.5 Å². The van der Waals surface area contributed by atoms with Crippen LogP contribution in [-0.4, -0.2) is 46.4 Å². The minimum absolute atomic E-state index is 0.283. The zero-order chi connectivity index (χ0) is 20.9. The summed E-state index contributed by atoms with van der Waals surface area (Å²) in [7, 11) is 1.73. The molecule has 2 N–H and O–H groups in total. The maximum absolute atomic E-state index is 6.08. The van der Waals surface area contributed by atoms with Gasteiger partial charge >= 0.3 is 6.01 Å². The lowest BCUT2D eigenvalue weighted by Gasteiger charge is -2.30. The summed E-state index contributed by atoms with van der Waals surface area (Å²) in [4.78, 5) is 11.0. The monoisotopic (exact) mass is 410 g/mol. The molecule has 0 spiro atoms. The second-order valence-electron chi connectivity index (χ2n) is 7.70. The van der Waals surface area contributed by atoms with E-state index < -0.39 is 0 Å². The molecule has 1 aliphatic rings. The molecule has 1 fully saturated rings. The van der Waals surface area contributed by atoms with Crippen LogP contribution in [0, 0.1) is 0 Å². The number of benzene rings is 1. The lowest BCUT2D eigenvalue weighted by molar-refractivity contribution is 0.280. The van der Waals surface area contributed by atoms with Gasteiger partial charge in [0, 0.05) is 19.5 Å². The SMILES string of the molecule is CCCCOc1nc(N)c2ncc(Cc3ccc(N4CCCCC4)c(OC)c3)n2n1. The third-order valence-corrected chi connectivity index (χ3v) is 5.49. The van der Waals surface area contributed by atoms with Gasteiger partial charge in [-0.3, -0.25) is 0 Å². The number of nitrogens with two attached hydrogens (primary N) is 1. The van der Waals surface area contributed by atoms with Crippen molar-refractivity contribution < 1.29 is 9.47 Å². The van der Waals surface area contributed by atoms with Gasteiger partial charge < -0.3 is 20.1 Å². The lowest BCUT2D eigenvalue weighted by atomic mass is 10.1. The second kappa shape index (κ2) is 9.19. The highest BCUT2D eigenvalue weighted by Gasteiger charge is 2.17. The Morgan fingerprint density at radius 2 is 2.00 bits per heavy atom. The first-order valence-electron chi connectivity index (χ1n) is 10.7. The summed E-state index contributed by atoms with van der Waals surface area (Å²) < 4.78 is 13.1. The Morgan fingerprint density at radius 1 is 1.17 bits per heavy atom. The van der Waals surface area contributed by atoms with E-state index in [1.165, 1.54) is 19.3 Å². The van der Waals surface area contributed by atoms with Gasteiger partial charge in [0.15, 0.2) is 11.5 Å². The number of hydrogen-bond donors (Lipinski definition) is 1. The number of nitrogens with zero attached hydrogens (tertiary/aromatic N) is 5. The summed E-state index contributed by atoms with van der Waals surface area (Å²) in [6.45, 7) is 4.85. The summed E-state index contributed by atoms with van der Waals surface area (Å²) >= 11 is 0. The van der Waals surface area contributed by atoms with E-state index in [4.69, 9.17) is 15.2 Å². The number of piperidine rings is 1. The van der Waals surface area contributed by atoms with Crippen LogP contribution < -0.4 is 20.1 Å². The highest BCUT2D eigenvalue weighted by Crippen LogP contribution is 2.32. The summed E-state index contributed by atoms with van der Waals surface area (Å²) in [5, 5.41) is 4.50. The van der Waals surface area contributed by atoms with Crippen LogP contribution in [0.1, 0.15) is 50.3 Å². The topological polar surface area (TPSA) is 90.8 Å². The molecule has 8 nitrogen and oxygen atoms in total. The van der Waals surface area contributed by atoms with Gasteiger partial charge in [0.1, 0.15) is 5.75 Å². The van der Waals surface area contributed by atoms with Crippen LogP contribution in [0.3, 0.4) is 0 Å². The quantitative estimate of drug-likeness (QED) is 0.569. The van der Waals surface area contributed by atoms with E-state index in [0.717, 1.165) is 48.6 Å². The highest BCUT2D eigenvalue weighted by atomic mass is 16.5. The summed E-state index contributed by atoms with van der Waals surface area (Å²) in [5.41, 5.74) is 9.83. The first kappa shape index (κ1) is 20.3. The van der Waals surface area contributed by atoms with Crippen molar-refractivity contribution in [1.29, 1.82) is 0 Å². The van der Waals surface area contributed by atoms with Crippen molar-refractivity contribution in [2.45, 2.75) is 45.4 Å². The molecule has 3 aromatic rings. The summed E-state index contributed by atoms with van der Waals surface area (Å²) in [6.07, 6.45) is 8.21. The van der Waals surface area contributed by atoms with Crippen LogP contribution in [0.5, 0.6) is 11.8 Å². The molecule has 30 heavy (non-hydrogen) atoms. The van der Waals surface area contributed by atoms with Crippen molar-refractivity contribution in [3.8, 4) is 11.8 Å². The molecule has 0 unspecified atom stereocenters. The van der Waals surface area contributed by atoms with Gasteiger partial charge in [0.05, 0.1) is 31.3 Å². The number of anilines is 2. The molecule has 0 radical (unpaired) electrons. The molecule has 0 aliphatic carbocycles. The van der Waals surface area contributed by atoms with E-state index in [2.05, 4.69) is 45.1 Å². The van der Waals surface area contributed by atoms with Crippen LogP contribution in [0.2, 0.25) is 0 Å². The standard InChI is InChI=1S/C22H30N6O2/c1-3-4-12-30-22-25-20(23)21-24-15-17(28(21)26-22)13-16-8-9-18(19(14-16)29-2)27-10-6-5-7-11-27/h8-9,14-15H,3-7,10-13H2,1-2H3,(H2,23,25,26). The largest absolute Gasteiger partial charge is 0.495 e. The first-order valence-corrected chi connectivity index (χ1v) is 10.7. The van der Waals surface area contributed by atoms with Crippen LogP contribution in [0.25, 0.3) is 5.65 Å². The molecule has 1 saturated heterocycles. The smallest absolute Gasteiger partial charge is 0.336 e. The Kier molecular flexibility index (Phi) is 6.21. The van der Waals surface area contributed by atoms with Gasteiger partial charge in [-0.2, -0.15) is 4.98 Å². The first-order chi connectivity index (χ1) is 14.7. The highest BCUT2D eigenvalue weighted by molar-refractivity contribution is 5.61. The minimum atomic E-state index is 0.283. The van der Waals surface area contributed by atoms with Crippen LogP contribution >= 0.6 is 0 Å². The second-order valence-corrected chi connectivity index (χ2v) is 7.70. The van der Waals surface area contributed by atoms with Crippen molar-refractivity contribution in [2.24, 2.45) is 0 Å². The zero-order valence-electron chi connectivity index (χ0n) is 17.8. The average molecular weight is 411 g/mol. The molecule has 1 aromatic carbocycles. The van der Waals surface area contributed by atoms with E-state index in [1.54, 1.807) is 17.8 Å². The molecule has 4 rings (SSSR count). The number of hydrogen-bond acceptors (Lipinski definition) is 7. The van der Waals surface area contributed by atoms with Crippen molar-refractivity contribution >= 4 is 17.2 Å². The van der Waals surface area contributed by atoms with Crippen LogP contribution in [0.15, 0.2) is 24.4 Å². The van der Waals surface area contributed by atoms with Gasteiger partial charge in [-0.25, -0.2) is 9.50 Å². The van der Waals surface area contributed by atoms with Crippen LogP contribution in [-0.2, 0) is 6.42 Å². The fourth-order valence-corrected chi connectivity index (χ4v) is 3.85. The van der Waals surface area contributed by atoms with E-state index in [9.17, 15) is 0 Å². The maximum Gasteiger partial charge on any atom is 0.336 e. The number of imidazole rings is 1. The molecule has 3 heterocycles. The summed E-state index contributed by atoms with van der Waals surface area (Å²) in [5.74, 6) is 1.22. The molecule has 0 bridgehead atoms. The Hall–Kier alpha value is -3.03. The Morgan fingerprint density at radius 3 is 2.77 bits per heavy atom. The molecule has 0 saturated carbocycles. The van der Waals surface area contributed by atoms with Crippen molar-refractivity contribution in [3.63, 3.8) is 0 Å². The van der Waals surface area contributed by atoms with Gasteiger partial charge in [0.2, 0.25) is 0 Å². The maximum atomic E-state index is 6.08. The van der Waals surface area contributed by atoms with Gasteiger partial charge in [0.25, 0.3) is 0 Å². The van der Waals surface area contributed by atoms with E-state index in [-0.39, 0.29) is 6.01 Å². The number of methoxy groups -OCH3 is 1. The van der Waals surface area contributed by atoms with E-state index in [0.29, 0.717) is 24.5 Å². The Balaban J connectivity index is 1.58. The Labute approximate surface area is 177 Å². The van der Waals surface area contributed by atoms with Crippen molar-refractivity contribution in [1.82, 2.24) is 19.6 Å². The van der Waals surface area contributed by atoms with E-state index in [1.807, 2.05) is 0 Å². The molecule has 0 atom stereocenters. The molecular weight excluding hydrogens is 380 g/mol. The lowest BCUT2D eigenvalue weighted by Crippen LogP contribution is -2.29. The van der Waals surface area contributed by atoms with Crippen molar-refractivity contribution in [3.05, 3.63) is 35.7 Å². The molecule has 1 aliphatic heterocycles. The van der Waals surface area contributed by atoms with Crippen molar-refractivity contribution in [2.75, 3.05) is 37.4 Å². The number of nitrogen functional groups attached to an aromatic ring is 1. The number of fused-ring (bicyclic) bond motifs is 1. The van der Waals surface area contributed by atoms with Gasteiger partial charge in [-0.05, 0) is 43.4 Å². The number of aromatic nitrogens is 4. The normalized spacial score (nSPS) is 14.3. The number of unbranched alkanes of at least 4 members (excludes halogenated alkanes) is 1. The van der Waals surface area contributed by atoms with Gasteiger partial charge in [-0.1, -0.05) is 19.4 Å². The number of rotatable bonds is 8. The minimum Gasteiger partial charge on any atom is -0.495 e. The fraction of sp³-hybridized carbons (Fsp3) is 0.500. The fourth-order valence-electron chi connectivity index (χ4n) is 3.85. The predicted molar refractivity (Wildman–Crippen MR) is 117 cm³/mol. The molecule has 8 heteroatoms. The zero-order valence-corrected chi connectivity index (χ0v) is 17.8. The third kappa shape index (κ3) is 4.27. The molecule has 160 valence electrons. The molecular formula is C22H30N6O2. The molecule has 2 aromatic heterocycles. The van der Waals surface area contributed by atoms with Gasteiger partial charge in [-0.15, -0.1) is 5.10 Å². The predicted octanol–water partition coefficient (Wildman–Crippen LogP) is 3.48. The average Bonchev–Trinajstić information content (AvgIpc) is 3.17. The number of ether oxygens (including phenoxy) is 2. The van der Waals surface area contributed by atoms with E-state index >= 15 is 0 Å². The Bertz CT molecular complexity index is 997. The molecule has 0 amide bonds. The third-order valence-electron chi connectivity index (χ3n) is 5.49.